The van der Waals surface area contributed by atoms with Gasteiger partial charge in [0.15, 0.2) is 0 Å². The van der Waals surface area contributed by atoms with E-state index in [0.717, 1.165) is 32.4 Å². The number of fused-ring (bicyclic) bond motifs is 3. The minimum Gasteiger partial charge on any atom is -0.458 e. The molecule has 0 radical (unpaired) electrons. The van der Waals surface area contributed by atoms with E-state index in [4.69, 9.17) is 4.74 Å². The Morgan fingerprint density at radius 1 is 0.771 bits per heavy atom. The number of hydrogen-bond acceptors (Lipinski definition) is 4. The second-order valence-corrected chi connectivity index (χ2v) is 10.7. The zero-order valence-corrected chi connectivity index (χ0v) is 20.3. The molecule has 7 rings (SSSR count). The summed E-state index contributed by atoms with van der Waals surface area (Å²) in [5.74, 6) is 0.761. The van der Waals surface area contributed by atoms with Crippen LogP contribution in [-0.2, 0) is 4.74 Å². The van der Waals surface area contributed by atoms with Crippen molar-refractivity contribution in [3.63, 3.8) is 0 Å². The van der Waals surface area contributed by atoms with Gasteiger partial charge in [0.1, 0.15) is 6.10 Å². The van der Waals surface area contributed by atoms with Crippen LogP contribution in [0.25, 0.3) is 0 Å². The second kappa shape index (κ2) is 9.58. The van der Waals surface area contributed by atoms with E-state index < -0.39 is 0 Å². The molecule has 4 heteroatoms. The molecule has 1 aliphatic heterocycles. The van der Waals surface area contributed by atoms with Gasteiger partial charge in [-0.05, 0) is 73.9 Å². The molecule has 3 atom stereocenters. The molecule has 4 nitrogen and oxygen atoms in total. The van der Waals surface area contributed by atoms with Crippen molar-refractivity contribution in [2.45, 2.75) is 62.0 Å². The van der Waals surface area contributed by atoms with Crippen LogP contribution < -0.4 is 0 Å². The normalized spacial score (nSPS) is 30.6. The van der Waals surface area contributed by atoms with Crippen molar-refractivity contribution in [2.24, 2.45) is 5.92 Å². The Balaban J connectivity index is 1.43. The lowest BCUT2D eigenvalue weighted by Gasteiger charge is -2.62. The fourth-order valence-electron chi connectivity index (χ4n) is 7.30. The molecule has 4 fully saturated rings. The van der Waals surface area contributed by atoms with Gasteiger partial charge in [0.25, 0.3) is 0 Å². The maximum atomic E-state index is 13.3. The van der Waals surface area contributed by atoms with Gasteiger partial charge in [-0.25, -0.2) is 4.79 Å². The van der Waals surface area contributed by atoms with E-state index in [9.17, 15) is 4.79 Å². The van der Waals surface area contributed by atoms with E-state index in [1.807, 2.05) is 0 Å². The molecule has 0 spiro atoms. The summed E-state index contributed by atoms with van der Waals surface area (Å²) < 4.78 is 6.44. The highest BCUT2D eigenvalue weighted by Crippen LogP contribution is 2.60. The molecule has 1 saturated heterocycles. The fourth-order valence-corrected chi connectivity index (χ4v) is 7.30. The van der Waals surface area contributed by atoms with Gasteiger partial charge in [-0.1, -0.05) is 67.1 Å². The van der Waals surface area contributed by atoms with E-state index in [-0.39, 0.29) is 23.5 Å². The second-order valence-electron chi connectivity index (χ2n) is 10.7. The SMILES string of the molecule is O=C(O[C@@H]1CC2(N3CCCCC3)C[C@@H](c3ccccc3)C1[C@H](c1ccccc1)C2)c1ccncc1. The van der Waals surface area contributed by atoms with Crippen LogP contribution >= 0.6 is 0 Å². The van der Waals surface area contributed by atoms with Crippen LogP contribution in [0.1, 0.15) is 71.8 Å². The predicted molar refractivity (Wildman–Crippen MR) is 137 cm³/mol. The zero-order chi connectivity index (χ0) is 23.7. The standard InChI is InChI=1S/C31H34N2O2/c34-30(25-14-16-32-17-15-25)35-28-22-31(33-18-8-3-9-19-33)20-26(23-10-4-1-5-11-23)29(28)27(21-31)24-12-6-2-7-13-24/h1-2,4-7,10-17,26-29H,3,8-9,18-22H2/t26-,27-,28+,29?,31?/m0/s1. The molecule has 3 aliphatic carbocycles. The average Bonchev–Trinajstić information content (AvgIpc) is 2.95. The first-order chi connectivity index (χ1) is 17.2. The number of aromatic nitrogens is 1. The molecule has 2 aromatic carbocycles. The number of carbonyl (C=O) groups is 1. The molecule has 1 aromatic heterocycles. The van der Waals surface area contributed by atoms with Crippen molar-refractivity contribution in [1.29, 1.82) is 0 Å². The van der Waals surface area contributed by atoms with Gasteiger partial charge in [-0.3, -0.25) is 9.88 Å². The van der Waals surface area contributed by atoms with Crippen LogP contribution in [0.5, 0.6) is 0 Å². The van der Waals surface area contributed by atoms with Gasteiger partial charge < -0.3 is 4.74 Å². The Labute approximate surface area is 208 Å². The first kappa shape index (κ1) is 22.5. The first-order valence-electron chi connectivity index (χ1n) is 13.2. The van der Waals surface area contributed by atoms with Crippen LogP contribution in [0.4, 0.5) is 0 Å². The molecular weight excluding hydrogens is 432 g/mol. The lowest BCUT2D eigenvalue weighted by atomic mass is 9.51. The number of rotatable bonds is 5. The lowest BCUT2D eigenvalue weighted by Crippen LogP contribution is -2.64. The number of ether oxygens (including phenoxy) is 1. The fraction of sp³-hybridized carbons (Fsp3) is 0.419. The monoisotopic (exact) mass is 466 g/mol. The summed E-state index contributed by atoms with van der Waals surface area (Å²) in [6.07, 6.45) is 10.3. The number of esters is 1. The lowest BCUT2D eigenvalue weighted by molar-refractivity contribution is -0.115. The Bertz CT molecular complexity index is 1080. The summed E-state index contributed by atoms with van der Waals surface area (Å²) >= 11 is 0. The highest BCUT2D eigenvalue weighted by molar-refractivity contribution is 5.89. The van der Waals surface area contributed by atoms with Gasteiger partial charge in [-0.15, -0.1) is 0 Å². The number of carbonyl (C=O) groups excluding carboxylic acids is 1. The minimum absolute atomic E-state index is 0.0549. The van der Waals surface area contributed by atoms with Crippen molar-refractivity contribution in [2.75, 3.05) is 13.1 Å². The van der Waals surface area contributed by atoms with Crippen LogP contribution in [-0.4, -0.2) is 40.6 Å². The summed E-state index contributed by atoms with van der Waals surface area (Å²) in [6.45, 7) is 2.30. The number of pyridine rings is 1. The van der Waals surface area contributed by atoms with Crippen LogP contribution in [0.2, 0.25) is 0 Å². The molecule has 0 unspecified atom stereocenters. The molecule has 180 valence electrons. The molecule has 3 aromatic rings. The Kier molecular flexibility index (Phi) is 6.15. The molecule has 0 amide bonds. The first-order valence-corrected chi connectivity index (χ1v) is 13.2. The predicted octanol–water partition coefficient (Wildman–Crippen LogP) is 6.21. The Morgan fingerprint density at radius 2 is 1.34 bits per heavy atom. The van der Waals surface area contributed by atoms with Crippen molar-refractivity contribution < 1.29 is 9.53 Å². The number of nitrogens with zero attached hydrogens (tertiary/aromatic N) is 2. The summed E-state index contributed by atoms with van der Waals surface area (Å²) in [7, 11) is 0. The average molecular weight is 467 g/mol. The van der Waals surface area contributed by atoms with Crippen molar-refractivity contribution in [3.05, 3.63) is 102 Å². The smallest absolute Gasteiger partial charge is 0.338 e. The summed E-state index contributed by atoms with van der Waals surface area (Å²) in [6, 6.07) is 25.4. The van der Waals surface area contributed by atoms with E-state index in [0.29, 0.717) is 17.4 Å². The maximum absolute atomic E-state index is 13.3. The highest BCUT2D eigenvalue weighted by Gasteiger charge is 2.59. The number of hydrogen-bond donors (Lipinski definition) is 0. The summed E-state index contributed by atoms with van der Waals surface area (Å²) in [4.78, 5) is 20.1. The van der Waals surface area contributed by atoms with Gasteiger partial charge in [0, 0.05) is 30.3 Å². The van der Waals surface area contributed by atoms with Crippen LogP contribution in [0.15, 0.2) is 85.2 Å². The van der Waals surface area contributed by atoms with Gasteiger partial charge in [0.05, 0.1) is 5.56 Å². The molecule has 4 aliphatic rings. The Morgan fingerprint density at radius 3 is 1.91 bits per heavy atom. The highest BCUT2D eigenvalue weighted by atomic mass is 16.5. The Hall–Kier alpha value is -2.98. The quantitative estimate of drug-likeness (QED) is 0.419. The molecule has 2 heterocycles. The maximum Gasteiger partial charge on any atom is 0.338 e. The summed E-state index contributed by atoms with van der Waals surface area (Å²) in [5, 5.41) is 0. The van der Waals surface area contributed by atoms with E-state index >= 15 is 0 Å². The van der Waals surface area contributed by atoms with Gasteiger partial charge >= 0.3 is 5.97 Å². The van der Waals surface area contributed by atoms with Gasteiger partial charge in [-0.2, -0.15) is 0 Å². The van der Waals surface area contributed by atoms with Crippen molar-refractivity contribution >= 4 is 5.97 Å². The largest absolute Gasteiger partial charge is 0.458 e. The third-order valence-corrected chi connectivity index (χ3v) is 8.80. The molecule has 0 N–H and O–H groups in total. The number of benzene rings is 2. The molecule has 35 heavy (non-hydrogen) atoms. The summed E-state index contributed by atoms with van der Waals surface area (Å²) in [5.41, 5.74) is 3.40. The minimum atomic E-state index is -0.225. The molecule has 3 saturated carbocycles. The molecule has 2 bridgehead atoms. The van der Waals surface area contributed by atoms with Crippen LogP contribution in [0.3, 0.4) is 0 Å². The van der Waals surface area contributed by atoms with E-state index in [1.54, 1.807) is 24.5 Å². The third kappa shape index (κ3) is 4.29. The van der Waals surface area contributed by atoms with Crippen molar-refractivity contribution in [3.8, 4) is 0 Å². The number of piperidine rings is 1. The van der Waals surface area contributed by atoms with E-state index in [1.165, 1.54) is 30.4 Å². The van der Waals surface area contributed by atoms with Crippen LogP contribution in [0, 0.1) is 5.92 Å². The van der Waals surface area contributed by atoms with Gasteiger partial charge in [0.2, 0.25) is 0 Å². The third-order valence-electron chi connectivity index (χ3n) is 8.80. The number of likely N-dealkylation sites (tertiary alicyclic amines) is 1. The zero-order valence-electron chi connectivity index (χ0n) is 20.3. The van der Waals surface area contributed by atoms with Crippen molar-refractivity contribution in [1.82, 2.24) is 9.88 Å². The topological polar surface area (TPSA) is 42.4 Å². The van der Waals surface area contributed by atoms with E-state index in [2.05, 4.69) is 70.5 Å². The molecular formula is C31H34N2O2.